The Bertz CT molecular complexity index is 613. The lowest BCUT2D eigenvalue weighted by Crippen LogP contribution is -2.53. The Morgan fingerprint density at radius 3 is 2.55 bits per heavy atom. The van der Waals surface area contributed by atoms with Gasteiger partial charge in [0, 0.05) is 24.7 Å². The number of methoxy groups -OCH3 is 1. The Hall–Kier alpha value is -1.20. The van der Waals surface area contributed by atoms with Gasteiger partial charge in [0.1, 0.15) is 5.78 Å². The highest BCUT2D eigenvalue weighted by Crippen LogP contribution is 2.65. The number of rotatable bonds is 10. The molecule has 0 aromatic rings. The van der Waals surface area contributed by atoms with Gasteiger partial charge in [-0.3, -0.25) is 9.59 Å². The van der Waals surface area contributed by atoms with E-state index in [2.05, 4.69) is 11.7 Å². The highest BCUT2D eigenvalue weighted by molar-refractivity contribution is 5.84. The van der Waals surface area contributed by atoms with Crippen molar-refractivity contribution in [2.75, 3.05) is 7.11 Å². The van der Waals surface area contributed by atoms with E-state index in [0.717, 1.165) is 44.9 Å². The van der Waals surface area contributed by atoms with Gasteiger partial charge in [0.05, 0.1) is 19.3 Å². The maximum absolute atomic E-state index is 12.4. The monoisotopic (exact) mass is 406 g/mol. The molecule has 5 heteroatoms. The quantitative estimate of drug-likeness (QED) is 0.326. The Labute approximate surface area is 174 Å². The van der Waals surface area contributed by atoms with Crippen LogP contribution in [-0.4, -0.2) is 41.3 Å². The summed E-state index contributed by atoms with van der Waals surface area (Å²) in [6.45, 7) is 2.16. The number of ketones is 1. The number of aliphatic hydroxyl groups is 2. The largest absolute Gasteiger partial charge is 0.469 e. The van der Waals surface area contributed by atoms with Crippen molar-refractivity contribution in [1.29, 1.82) is 0 Å². The normalized spacial score (nSPS) is 30.9. The van der Waals surface area contributed by atoms with Crippen LogP contribution in [0.5, 0.6) is 0 Å². The molecule has 0 bridgehead atoms. The van der Waals surface area contributed by atoms with E-state index >= 15 is 0 Å². The van der Waals surface area contributed by atoms with Gasteiger partial charge >= 0.3 is 5.97 Å². The lowest BCUT2D eigenvalue weighted by atomic mass is 9.44. The number of ether oxygens (including phenoxy) is 1. The highest BCUT2D eigenvalue weighted by atomic mass is 16.5. The zero-order valence-corrected chi connectivity index (χ0v) is 18.1. The van der Waals surface area contributed by atoms with Crippen LogP contribution in [0.4, 0.5) is 0 Å². The van der Waals surface area contributed by atoms with Crippen molar-refractivity contribution in [2.24, 2.45) is 22.7 Å². The molecular weight excluding hydrogens is 368 g/mol. The van der Waals surface area contributed by atoms with Crippen LogP contribution in [0.3, 0.4) is 0 Å². The van der Waals surface area contributed by atoms with E-state index in [1.165, 1.54) is 26.4 Å². The third kappa shape index (κ3) is 5.11. The van der Waals surface area contributed by atoms with Crippen LogP contribution in [-0.2, 0) is 14.3 Å². The van der Waals surface area contributed by atoms with Gasteiger partial charge in [-0.25, -0.2) is 0 Å². The van der Waals surface area contributed by atoms with E-state index in [1.54, 1.807) is 0 Å². The third-order valence-corrected chi connectivity index (χ3v) is 7.81. The van der Waals surface area contributed by atoms with E-state index < -0.39 is 12.2 Å². The molecule has 3 fully saturated rings. The molecule has 0 aromatic carbocycles. The highest BCUT2D eigenvalue weighted by Gasteiger charge is 2.56. The summed E-state index contributed by atoms with van der Waals surface area (Å²) < 4.78 is 4.64. The van der Waals surface area contributed by atoms with E-state index in [9.17, 15) is 19.8 Å². The summed E-state index contributed by atoms with van der Waals surface area (Å²) >= 11 is 0. The van der Waals surface area contributed by atoms with Crippen LogP contribution in [0, 0.1) is 22.7 Å². The van der Waals surface area contributed by atoms with Gasteiger partial charge in [-0.1, -0.05) is 44.8 Å². The fourth-order valence-electron chi connectivity index (χ4n) is 6.05. The summed E-state index contributed by atoms with van der Waals surface area (Å²) in [5.41, 5.74) is 0.447. The number of aliphatic hydroxyl groups excluding tert-OH is 2. The van der Waals surface area contributed by atoms with Gasteiger partial charge < -0.3 is 14.9 Å². The zero-order chi connectivity index (χ0) is 21.1. The topological polar surface area (TPSA) is 83.8 Å². The minimum Gasteiger partial charge on any atom is -0.469 e. The molecule has 5 nitrogen and oxygen atoms in total. The van der Waals surface area contributed by atoms with Gasteiger partial charge in [0.25, 0.3) is 0 Å². The molecule has 0 heterocycles. The van der Waals surface area contributed by atoms with Crippen LogP contribution >= 0.6 is 0 Å². The summed E-state index contributed by atoms with van der Waals surface area (Å²) in [6.07, 6.45) is 13.8. The molecule has 3 aliphatic rings. The van der Waals surface area contributed by atoms with E-state index in [0.29, 0.717) is 11.8 Å². The number of hydrogen-bond acceptors (Lipinski definition) is 5. The molecule has 3 aliphatic carbocycles. The molecule has 0 amide bonds. The van der Waals surface area contributed by atoms with Crippen LogP contribution < -0.4 is 0 Å². The van der Waals surface area contributed by atoms with E-state index in [4.69, 9.17) is 0 Å². The maximum atomic E-state index is 12.4. The van der Waals surface area contributed by atoms with Gasteiger partial charge in [0.15, 0.2) is 0 Å². The summed E-state index contributed by atoms with van der Waals surface area (Å²) in [4.78, 5) is 23.5. The van der Waals surface area contributed by atoms with Crippen molar-refractivity contribution in [3.05, 3.63) is 12.2 Å². The number of carbonyl (C=O) groups is 2. The number of esters is 1. The molecule has 3 rings (SSSR count). The Morgan fingerprint density at radius 1 is 1.24 bits per heavy atom. The molecule has 0 aliphatic heterocycles. The molecule has 29 heavy (non-hydrogen) atoms. The molecular formula is C24H38O5. The number of Topliss-reactive ketones (excluding diaryl/α,β-unsaturated/α-hetero) is 1. The van der Waals surface area contributed by atoms with Gasteiger partial charge in [0.2, 0.25) is 0 Å². The van der Waals surface area contributed by atoms with Crippen LogP contribution in [0.15, 0.2) is 12.2 Å². The first-order valence-electron chi connectivity index (χ1n) is 11.4. The van der Waals surface area contributed by atoms with Crippen LogP contribution in [0.25, 0.3) is 0 Å². The van der Waals surface area contributed by atoms with E-state index in [-0.39, 0.29) is 35.4 Å². The lowest BCUT2D eigenvalue weighted by molar-refractivity contribution is -0.140. The molecule has 4 atom stereocenters. The first-order valence-corrected chi connectivity index (χ1v) is 11.4. The van der Waals surface area contributed by atoms with Gasteiger partial charge in [-0.2, -0.15) is 0 Å². The molecule has 164 valence electrons. The van der Waals surface area contributed by atoms with Gasteiger partial charge in [-0.15, -0.1) is 0 Å². The average Bonchev–Trinajstić information content (AvgIpc) is 2.90. The summed E-state index contributed by atoms with van der Waals surface area (Å²) in [7, 11) is 1.40. The molecule has 0 radical (unpaired) electrons. The average molecular weight is 407 g/mol. The SMILES string of the molecule is COC(=O)CCCCCCC1C(=O)CC(O)C1/C=C/C(O)C1(C)CC2(CCC2)C1. The third-order valence-electron chi connectivity index (χ3n) is 7.81. The van der Waals surface area contributed by atoms with Crippen molar-refractivity contribution >= 4 is 11.8 Å². The minimum absolute atomic E-state index is 0.0559. The van der Waals surface area contributed by atoms with Crippen LogP contribution in [0.2, 0.25) is 0 Å². The second-order valence-electron chi connectivity index (χ2n) is 10.1. The molecule has 2 N–H and O–H groups in total. The Balaban J connectivity index is 1.44. The van der Waals surface area contributed by atoms with Crippen molar-refractivity contribution in [3.8, 4) is 0 Å². The fourth-order valence-corrected chi connectivity index (χ4v) is 6.05. The smallest absolute Gasteiger partial charge is 0.305 e. The van der Waals surface area contributed by atoms with E-state index in [1.807, 2.05) is 12.2 Å². The zero-order valence-electron chi connectivity index (χ0n) is 18.1. The first-order chi connectivity index (χ1) is 13.8. The molecule has 0 aromatic heterocycles. The first kappa shape index (κ1) is 22.5. The second-order valence-corrected chi connectivity index (χ2v) is 10.1. The number of hydrogen-bond donors (Lipinski definition) is 2. The minimum atomic E-state index is -0.637. The number of unbranched alkanes of at least 4 members (excludes halogenated alkanes) is 3. The lowest BCUT2D eigenvalue weighted by Gasteiger charge is -2.61. The Morgan fingerprint density at radius 2 is 1.93 bits per heavy atom. The molecule has 3 saturated carbocycles. The predicted octanol–water partition coefficient (Wildman–Crippen LogP) is 3.95. The summed E-state index contributed by atoms with van der Waals surface area (Å²) in [6, 6.07) is 0. The number of carbonyl (C=O) groups excluding carboxylic acids is 2. The van der Waals surface area contributed by atoms with Crippen molar-refractivity contribution < 1.29 is 24.5 Å². The second kappa shape index (κ2) is 9.30. The van der Waals surface area contributed by atoms with Crippen LogP contribution in [0.1, 0.15) is 84.0 Å². The molecule has 4 unspecified atom stereocenters. The van der Waals surface area contributed by atoms with Crippen molar-refractivity contribution in [2.45, 2.75) is 96.2 Å². The molecule has 1 spiro atoms. The summed E-state index contributed by atoms with van der Waals surface area (Å²) in [5.74, 6) is -0.375. The van der Waals surface area contributed by atoms with Gasteiger partial charge in [-0.05, 0) is 49.4 Å². The van der Waals surface area contributed by atoms with Crippen molar-refractivity contribution in [1.82, 2.24) is 0 Å². The fraction of sp³-hybridized carbons (Fsp3) is 0.833. The van der Waals surface area contributed by atoms with Crippen molar-refractivity contribution in [3.63, 3.8) is 0 Å². The standard InChI is InChI=1S/C24H38O5/c1-23(15-24(16-23)12-7-13-24)21(27)11-10-18-17(19(25)14-20(18)26)8-5-3-4-6-9-22(28)29-2/h10-11,17-18,20-21,26-27H,3-9,12-16H2,1-2H3/b11-10+. The Kier molecular flexibility index (Phi) is 7.21. The maximum Gasteiger partial charge on any atom is 0.305 e. The molecule has 0 saturated heterocycles. The predicted molar refractivity (Wildman–Crippen MR) is 111 cm³/mol. The summed E-state index contributed by atoms with van der Waals surface area (Å²) in [5, 5.41) is 21.1.